The third-order valence-corrected chi connectivity index (χ3v) is 3.07. The topological polar surface area (TPSA) is 105 Å². The number of aliphatic hydroxyl groups excluding tert-OH is 1. The maximum Gasteiger partial charge on any atom is 0.250 e. The molecule has 1 aliphatic rings. The third kappa shape index (κ3) is 2.16. The molecule has 0 bridgehead atoms. The molecule has 92 valence electrons. The number of nitrogen functional groups attached to an aromatic ring is 1. The first-order valence-electron chi connectivity index (χ1n) is 5.56. The molecule has 6 nitrogen and oxygen atoms in total. The Bertz CT molecular complexity index is 435. The number of nitrogens with two attached hydrogens (primary N) is 2. The van der Waals surface area contributed by atoms with E-state index in [0.717, 1.165) is 19.4 Å². The monoisotopic (exact) mass is 236 g/mol. The van der Waals surface area contributed by atoms with Crippen molar-refractivity contribution in [2.24, 2.45) is 5.73 Å². The summed E-state index contributed by atoms with van der Waals surface area (Å²) in [5.74, 6) is 0.0791. The van der Waals surface area contributed by atoms with E-state index in [1.807, 2.05) is 4.90 Å². The standard InChI is InChI=1S/C11H16N4O2/c12-9-5-14-10(4-8(9)11(13)17)15-3-1-2-7(15)6-16/h4-5,7,16H,1-3,6,12H2,(H2,13,17). The fourth-order valence-corrected chi connectivity index (χ4v) is 2.15. The van der Waals surface area contributed by atoms with Gasteiger partial charge in [-0.15, -0.1) is 0 Å². The molecule has 1 fully saturated rings. The quantitative estimate of drug-likeness (QED) is 0.669. The van der Waals surface area contributed by atoms with Crippen LogP contribution in [0.25, 0.3) is 0 Å². The predicted molar refractivity (Wildman–Crippen MR) is 64.6 cm³/mol. The molecule has 0 spiro atoms. The summed E-state index contributed by atoms with van der Waals surface area (Å²) in [7, 11) is 0. The zero-order valence-corrected chi connectivity index (χ0v) is 9.47. The second kappa shape index (κ2) is 4.58. The van der Waals surface area contributed by atoms with Crippen molar-refractivity contribution in [2.75, 3.05) is 23.8 Å². The van der Waals surface area contributed by atoms with E-state index in [0.29, 0.717) is 5.82 Å². The number of anilines is 2. The van der Waals surface area contributed by atoms with Gasteiger partial charge in [-0.2, -0.15) is 0 Å². The molecule has 1 aromatic rings. The van der Waals surface area contributed by atoms with Gasteiger partial charge >= 0.3 is 0 Å². The van der Waals surface area contributed by atoms with E-state index in [-0.39, 0.29) is 23.9 Å². The van der Waals surface area contributed by atoms with E-state index in [4.69, 9.17) is 11.5 Å². The summed E-state index contributed by atoms with van der Waals surface area (Å²) in [4.78, 5) is 17.3. The van der Waals surface area contributed by atoms with Crippen LogP contribution in [-0.4, -0.2) is 35.2 Å². The van der Waals surface area contributed by atoms with Gasteiger partial charge in [0.15, 0.2) is 0 Å². The maximum atomic E-state index is 11.2. The second-order valence-corrected chi connectivity index (χ2v) is 4.17. The highest BCUT2D eigenvalue weighted by Gasteiger charge is 2.25. The number of hydrogen-bond donors (Lipinski definition) is 3. The molecule has 2 heterocycles. The summed E-state index contributed by atoms with van der Waals surface area (Å²) >= 11 is 0. The number of amides is 1. The molecule has 0 radical (unpaired) electrons. The van der Waals surface area contributed by atoms with E-state index < -0.39 is 5.91 Å². The number of carbonyl (C=O) groups excluding carboxylic acids is 1. The molecule has 1 saturated heterocycles. The van der Waals surface area contributed by atoms with Gasteiger partial charge < -0.3 is 21.5 Å². The van der Waals surface area contributed by atoms with Crippen LogP contribution < -0.4 is 16.4 Å². The Labute approximate surface area is 99.2 Å². The molecule has 1 aliphatic heterocycles. The van der Waals surface area contributed by atoms with Crippen molar-refractivity contribution < 1.29 is 9.90 Å². The fraction of sp³-hybridized carbons (Fsp3) is 0.455. The summed E-state index contributed by atoms with van der Waals surface area (Å²) in [6.07, 6.45) is 3.36. The number of pyridine rings is 1. The molecule has 1 atom stereocenters. The number of rotatable bonds is 3. The smallest absolute Gasteiger partial charge is 0.250 e. The van der Waals surface area contributed by atoms with E-state index >= 15 is 0 Å². The molecule has 1 aromatic heterocycles. The van der Waals surface area contributed by atoms with Crippen molar-refractivity contribution in [3.8, 4) is 0 Å². The Balaban J connectivity index is 2.33. The normalized spacial score (nSPS) is 19.6. The highest BCUT2D eigenvalue weighted by atomic mass is 16.3. The SMILES string of the molecule is NC(=O)c1cc(N2CCCC2CO)ncc1N. The largest absolute Gasteiger partial charge is 0.397 e. The van der Waals surface area contributed by atoms with E-state index in [1.165, 1.54) is 6.20 Å². The van der Waals surface area contributed by atoms with E-state index in [1.54, 1.807) is 6.07 Å². The van der Waals surface area contributed by atoms with Crippen LogP contribution in [0.15, 0.2) is 12.3 Å². The first kappa shape index (κ1) is 11.7. The van der Waals surface area contributed by atoms with Crippen molar-refractivity contribution in [1.29, 1.82) is 0 Å². The lowest BCUT2D eigenvalue weighted by atomic mass is 10.2. The van der Waals surface area contributed by atoms with Crippen LogP contribution in [0.1, 0.15) is 23.2 Å². The highest BCUT2D eigenvalue weighted by molar-refractivity contribution is 5.98. The summed E-state index contributed by atoms with van der Waals surface area (Å²) in [5, 5.41) is 9.25. The Morgan fingerprint density at radius 1 is 1.65 bits per heavy atom. The first-order chi connectivity index (χ1) is 8.13. The highest BCUT2D eigenvalue weighted by Crippen LogP contribution is 2.25. The van der Waals surface area contributed by atoms with Crippen molar-refractivity contribution >= 4 is 17.4 Å². The molecule has 0 aliphatic carbocycles. The first-order valence-corrected chi connectivity index (χ1v) is 5.56. The van der Waals surface area contributed by atoms with Gasteiger partial charge in [-0.25, -0.2) is 4.98 Å². The van der Waals surface area contributed by atoms with Crippen molar-refractivity contribution in [3.63, 3.8) is 0 Å². The lowest BCUT2D eigenvalue weighted by Crippen LogP contribution is -2.33. The van der Waals surface area contributed by atoms with Gasteiger partial charge in [-0.05, 0) is 18.9 Å². The summed E-state index contributed by atoms with van der Waals surface area (Å²) < 4.78 is 0. The lowest BCUT2D eigenvalue weighted by Gasteiger charge is -2.24. The molecule has 5 N–H and O–H groups in total. The van der Waals surface area contributed by atoms with Crippen LogP contribution in [0.2, 0.25) is 0 Å². The number of nitrogens with zero attached hydrogens (tertiary/aromatic N) is 2. The van der Waals surface area contributed by atoms with Crippen LogP contribution >= 0.6 is 0 Å². The minimum Gasteiger partial charge on any atom is -0.397 e. The Kier molecular flexibility index (Phi) is 3.14. The van der Waals surface area contributed by atoms with Crippen LogP contribution in [0, 0.1) is 0 Å². The number of carbonyl (C=O) groups is 1. The summed E-state index contributed by atoms with van der Waals surface area (Å²) in [5.41, 5.74) is 11.4. The van der Waals surface area contributed by atoms with Gasteiger partial charge in [-0.1, -0.05) is 0 Å². The average Bonchev–Trinajstić information content (AvgIpc) is 2.77. The zero-order valence-electron chi connectivity index (χ0n) is 9.47. The molecule has 6 heteroatoms. The number of hydrogen-bond acceptors (Lipinski definition) is 5. The van der Waals surface area contributed by atoms with E-state index in [2.05, 4.69) is 4.98 Å². The maximum absolute atomic E-state index is 11.2. The Morgan fingerprint density at radius 3 is 3.06 bits per heavy atom. The third-order valence-electron chi connectivity index (χ3n) is 3.07. The molecule has 0 aromatic carbocycles. The summed E-state index contributed by atoms with van der Waals surface area (Å²) in [6, 6.07) is 1.65. The van der Waals surface area contributed by atoms with Crippen LogP contribution in [0.3, 0.4) is 0 Å². The zero-order chi connectivity index (χ0) is 12.4. The van der Waals surface area contributed by atoms with E-state index in [9.17, 15) is 9.90 Å². The van der Waals surface area contributed by atoms with Gasteiger partial charge in [0.2, 0.25) is 0 Å². The molecule has 0 saturated carbocycles. The molecule has 2 rings (SSSR count). The Morgan fingerprint density at radius 2 is 2.41 bits per heavy atom. The second-order valence-electron chi connectivity index (χ2n) is 4.17. The Hall–Kier alpha value is -1.82. The van der Waals surface area contributed by atoms with Gasteiger partial charge in [0.25, 0.3) is 5.91 Å². The predicted octanol–water partition coefficient (Wildman–Crippen LogP) is -0.276. The van der Waals surface area contributed by atoms with Gasteiger partial charge in [0.05, 0.1) is 30.1 Å². The van der Waals surface area contributed by atoms with Crippen LogP contribution in [0.4, 0.5) is 11.5 Å². The van der Waals surface area contributed by atoms with Gasteiger partial charge in [0, 0.05) is 6.54 Å². The van der Waals surface area contributed by atoms with Crippen molar-refractivity contribution in [1.82, 2.24) is 4.98 Å². The van der Waals surface area contributed by atoms with Crippen molar-refractivity contribution in [3.05, 3.63) is 17.8 Å². The number of primary amides is 1. The van der Waals surface area contributed by atoms with Crippen molar-refractivity contribution in [2.45, 2.75) is 18.9 Å². The van der Waals surface area contributed by atoms with Crippen LogP contribution in [-0.2, 0) is 0 Å². The fourth-order valence-electron chi connectivity index (χ4n) is 2.15. The lowest BCUT2D eigenvalue weighted by molar-refractivity contribution is 0.100. The van der Waals surface area contributed by atoms with Gasteiger partial charge in [0.1, 0.15) is 5.82 Å². The number of aliphatic hydroxyl groups is 1. The minimum atomic E-state index is -0.564. The molecule has 1 amide bonds. The molecule has 1 unspecified atom stereocenters. The minimum absolute atomic E-state index is 0.0619. The molecule has 17 heavy (non-hydrogen) atoms. The molecular formula is C11H16N4O2. The average molecular weight is 236 g/mol. The van der Waals surface area contributed by atoms with Gasteiger partial charge in [-0.3, -0.25) is 4.79 Å². The molecular weight excluding hydrogens is 220 g/mol. The number of aromatic nitrogens is 1. The van der Waals surface area contributed by atoms with Crippen LogP contribution in [0.5, 0.6) is 0 Å². The summed E-state index contributed by atoms with van der Waals surface area (Å²) in [6.45, 7) is 0.901.